The average molecular weight is 427 g/mol. The van der Waals surface area contributed by atoms with Crippen molar-refractivity contribution in [2.24, 2.45) is 0 Å². The van der Waals surface area contributed by atoms with Crippen molar-refractivity contribution in [1.82, 2.24) is 10.1 Å². The first-order valence-corrected chi connectivity index (χ1v) is 7.45. The number of benzene rings is 2. The van der Waals surface area contributed by atoms with Gasteiger partial charge in [0.2, 0.25) is 5.82 Å². The maximum atomic E-state index is 5.31. The van der Waals surface area contributed by atoms with E-state index >= 15 is 0 Å². The highest BCUT2D eigenvalue weighted by Gasteiger charge is 2.10. The molecule has 0 fully saturated rings. The Kier molecular flexibility index (Phi) is 3.65. The van der Waals surface area contributed by atoms with Crippen LogP contribution in [0, 0.1) is 3.57 Å². The third-order valence-corrected chi connectivity index (χ3v) is 3.81. The van der Waals surface area contributed by atoms with E-state index in [1.54, 1.807) is 0 Å². The molecule has 0 aliphatic rings. The molecule has 19 heavy (non-hydrogen) atoms. The van der Waals surface area contributed by atoms with Gasteiger partial charge in [-0.25, -0.2) is 0 Å². The molecule has 0 bridgehead atoms. The third-order valence-electron chi connectivity index (χ3n) is 2.60. The van der Waals surface area contributed by atoms with Crippen molar-refractivity contribution in [1.29, 1.82) is 0 Å². The van der Waals surface area contributed by atoms with E-state index in [-0.39, 0.29) is 0 Å². The molecule has 0 saturated carbocycles. The predicted molar refractivity (Wildman–Crippen MR) is 85.6 cm³/mol. The Morgan fingerprint density at radius 3 is 2.53 bits per heavy atom. The van der Waals surface area contributed by atoms with Gasteiger partial charge in [0, 0.05) is 19.2 Å². The molecule has 1 heterocycles. The summed E-state index contributed by atoms with van der Waals surface area (Å²) in [6.45, 7) is 0. The summed E-state index contributed by atoms with van der Waals surface area (Å²) in [6, 6.07) is 15.8. The highest BCUT2D eigenvalue weighted by Crippen LogP contribution is 2.24. The van der Waals surface area contributed by atoms with Gasteiger partial charge in [0.25, 0.3) is 5.89 Å². The molecule has 0 aliphatic carbocycles. The molecule has 0 saturated heterocycles. The first-order valence-electron chi connectivity index (χ1n) is 5.58. The minimum absolute atomic E-state index is 0.534. The Morgan fingerprint density at radius 2 is 1.79 bits per heavy atom. The highest BCUT2D eigenvalue weighted by molar-refractivity contribution is 14.1. The van der Waals surface area contributed by atoms with Gasteiger partial charge in [0.05, 0.1) is 0 Å². The zero-order valence-corrected chi connectivity index (χ0v) is 13.4. The molecule has 0 aliphatic heterocycles. The lowest BCUT2D eigenvalue weighted by atomic mass is 10.2. The van der Waals surface area contributed by atoms with Crippen LogP contribution in [0.2, 0.25) is 0 Å². The van der Waals surface area contributed by atoms with E-state index < -0.39 is 0 Å². The Hall–Kier alpha value is -1.21. The van der Waals surface area contributed by atoms with Crippen LogP contribution in [-0.2, 0) is 0 Å². The topological polar surface area (TPSA) is 38.9 Å². The highest BCUT2D eigenvalue weighted by atomic mass is 127. The van der Waals surface area contributed by atoms with E-state index in [1.807, 2.05) is 48.5 Å². The van der Waals surface area contributed by atoms with Gasteiger partial charge in [-0.3, -0.25) is 0 Å². The van der Waals surface area contributed by atoms with E-state index in [0.717, 1.165) is 15.6 Å². The second kappa shape index (κ2) is 5.42. The van der Waals surface area contributed by atoms with Crippen molar-refractivity contribution in [3.8, 4) is 22.8 Å². The standard InChI is InChI=1S/C14H8BrIN2O/c15-11-3-1-2-10(8-11)13-17-14(19-18-13)9-4-6-12(16)7-5-9/h1-8H. The lowest BCUT2D eigenvalue weighted by molar-refractivity contribution is 0.432. The SMILES string of the molecule is Brc1cccc(-c2noc(-c3ccc(I)cc3)n2)c1. The molecule has 5 heteroatoms. The molecule has 0 N–H and O–H groups in total. The van der Waals surface area contributed by atoms with E-state index in [1.165, 1.54) is 3.57 Å². The summed E-state index contributed by atoms with van der Waals surface area (Å²) in [7, 11) is 0. The summed E-state index contributed by atoms with van der Waals surface area (Å²) >= 11 is 5.69. The minimum Gasteiger partial charge on any atom is -0.334 e. The van der Waals surface area contributed by atoms with Crippen molar-refractivity contribution >= 4 is 38.5 Å². The fourth-order valence-electron chi connectivity index (χ4n) is 1.68. The molecule has 94 valence electrons. The van der Waals surface area contributed by atoms with Crippen molar-refractivity contribution < 1.29 is 4.52 Å². The Bertz CT molecular complexity index is 709. The largest absolute Gasteiger partial charge is 0.334 e. The third kappa shape index (κ3) is 2.87. The van der Waals surface area contributed by atoms with E-state index in [4.69, 9.17) is 4.52 Å². The summed E-state index contributed by atoms with van der Waals surface area (Å²) in [5.41, 5.74) is 1.85. The number of halogens is 2. The average Bonchev–Trinajstić information content (AvgIpc) is 2.89. The fourth-order valence-corrected chi connectivity index (χ4v) is 2.44. The summed E-state index contributed by atoms with van der Waals surface area (Å²) in [5, 5.41) is 4.02. The van der Waals surface area contributed by atoms with Gasteiger partial charge in [0.15, 0.2) is 0 Å². The van der Waals surface area contributed by atoms with Crippen LogP contribution in [-0.4, -0.2) is 10.1 Å². The fraction of sp³-hybridized carbons (Fsp3) is 0. The van der Waals surface area contributed by atoms with Crippen molar-refractivity contribution in [2.75, 3.05) is 0 Å². The van der Waals surface area contributed by atoms with Crippen LogP contribution in [0.15, 0.2) is 57.5 Å². The maximum absolute atomic E-state index is 5.31. The molecular formula is C14H8BrIN2O. The van der Waals surface area contributed by atoms with Crippen LogP contribution >= 0.6 is 38.5 Å². The van der Waals surface area contributed by atoms with Crippen molar-refractivity contribution in [2.45, 2.75) is 0 Å². The predicted octanol–water partition coefficient (Wildman–Crippen LogP) is 4.77. The van der Waals surface area contributed by atoms with Gasteiger partial charge in [-0.2, -0.15) is 4.98 Å². The summed E-state index contributed by atoms with van der Waals surface area (Å²) in [6.07, 6.45) is 0. The quantitative estimate of drug-likeness (QED) is 0.554. The van der Waals surface area contributed by atoms with Crippen LogP contribution in [0.25, 0.3) is 22.8 Å². The van der Waals surface area contributed by atoms with Gasteiger partial charge in [-0.15, -0.1) is 0 Å². The lowest BCUT2D eigenvalue weighted by Crippen LogP contribution is -1.81. The zero-order valence-electron chi connectivity index (χ0n) is 9.68. The molecular weight excluding hydrogens is 419 g/mol. The summed E-state index contributed by atoms with van der Waals surface area (Å²) in [5.74, 6) is 1.13. The molecule has 3 nitrogen and oxygen atoms in total. The Labute approximate surface area is 132 Å². The van der Waals surface area contributed by atoms with Gasteiger partial charge in [-0.1, -0.05) is 33.2 Å². The molecule has 0 unspecified atom stereocenters. The number of aromatic nitrogens is 2. The van der Waals surface area contributed by atoms with Gasteiger partial charge in [0.1, 0.15) is 0 Å². The monoisotopic (exact) mass is 426 g/mol. The molecule has 0 radical (unpaired) electrons. The number of rotatable bonds is 2. The first kappa shape index (κ1) is 12.8. The molecule has 0 atom stereocenters. The minimum atomic E-state index is 0.534. The number of nitrogens with zero attached hydrogens (tertiary/aromatic N) is 2. The molecule has 2 aromatic carbocycles. The van der Waals surface area contributed by atoms with Crippen LogP contribution in [0.4, 0.5) is 0 Å². The van der Waals surface area contributed by atoms with Gasteiger partial charge in [-0.05, 0) is 59.0 Å². The number of hydrogen-bond acceptors (Lipinski definition) is 3. The molecule has 3 aromatic rings. The van der Waals surface area contributed by atoms with Gasteiger partial charge >= 0.3 is 0 Å². The Morgan fingerprint density at radius 1 is 1.00 bits per heavy atom. The van der Waals surface area contributed by atoms with Gasteiger partial charge < -0.3 is 4.52 Å². The smallest absolute Gasteiger partial charge is 0.258 e. The van der Waals surface area contributed by atoms with Crippen LogP contribution in [0.1, 0.15) is 0 Å². The van der Waals surface area contributed by atoms with E-state index in [9.17, 15) is 0 Å². The summed E-state index contributed by atoms with van der Waals surface area (Å²) < 4.78 is 7.47. The molecule has 0 spiro atoms. The summed E-state index contributed by atoms with van der Waals surface area (Å²) in [4.78, 5) is 4.42. The zero-order chi connectivity index (χ0) is 13.2. The first-order chi connectivity index (χ1) is 9.22. The van der Waals surface area contributed by atoms with Crippen LogP contribution < -0.4 is 0 Å². The second-order valence-electron chi connectivity index (χ2n) is 3.94. The van der Waals surface area contributed by atoms with Crippen molar-refractivity contribution in [3.63, 3.8) is 0 Å². The molecule has 3 rings (SSSR count). The molecule has 1 aromatic heterocycles. The van der Waals surface area contributed by atoms with E-state index in [2.05, 4.69) is 48.7 Å². The van der Waals surface area contributed by atoms with Crippen molar-refractivity contribution in [3.05, 3.63) is 56.6 Å². The molecule has 0 amide bonds. The maximum Gasteiger partial charge on any atom is 0.258 e. The van der Waals surface area contributed by atoms with Crippen LogP contribution in [0.3, 0.4) is 0 Å². The number of hydrogen-bond donors (Lipinski definition) is 0. The second-order valence-corrected chi connectivity index (χ2v) is 6.10. The van der Waals surface area contributed by atoms with E-state index in [0.29, 0.717) is 11.7 Å². The Balaban J connectivity index is 1.97. The normalized spacial score (nSPS) is 10.6. The lowest BCUT2D eigenvalue weighted by Gasteiger charge is -1.95. The van der Waals surface area contributed by atoms with Crippen LogP contribution in [0.5, 0.6) is 0 Å².